The van der Waals surface area contributed by atoms with Crippen LogP contribution < -0.4 is 10.1 Å². The molecule has 1 aromatic rings. The van der Waals surface area contributed by atoms with Crippen molar-refractivity contribution in [3.63, 3.8) is 0 Å². The Kier molecular flexibility index (Phi) is 6.07. The Labute approximate surface area is 129 Å². The molecule has 0 aliphatic carbocycles. The first-order valence-corrected chi connectivity index (χ1v) is 8.13. The Hall–Kier alpha value is -1.06. The minimum Gasteiger partial charge on any atom is -0.492 e. The van der Waals surface area contributed by atoms with Gasteiger partial charge in [0, 0.05) is 19.7 Å². The molecule has 1 N–H and O–H groups in total. The molecule has 3 heteroatoms. The van der Waals surface area contributed by atoms with Gasteiger partial charge in [0.25, 0.3) is 0 Å². The van der Waals surface area contributed by atoms with Crippen molar-refractivity contribution in [3.05, 3.63) is 29.8 Å². The Bertz CT molecular complexity index is 408. The lowest BCUT2D eigenvalue weighted by atomic mass is 9.82. The molecule has 118 valence electrons. The molecule has 0 saturated carbocycles. The largest absolute Gasteiger partial charge is 0.492 e. The topological polar surface area (TPSA) is 30.5 Å². The van der Waals surface area contributed by atoms with Crippen LogP contribution in [0.15, 0.2) is 24.3 Å². The van der Waals surface area contributed by atoms with Crippen LogP contribution in [0.4, 0.5) is 0 Å². The fraction of sp³-hybridized carbons (Fsp3) is 0.667. The minimum absolute atomic E-state index is 0.240. The molecule has 0 bridgehead atoms. The molecule has 1 aliphatic rings. The van der Waals surface area contributed by atoms with Crippen molar-refractivity contribution in [1.29, 1.82) is 0 Å². The Morgan fingerprint density at radius 2 is 2.05 bits per heavy atom. The van der Waals surface area contributed by atoms with Gasteiger partial charge in [0.1, 0.15) is 12.4 Å². The third kappa shape index (κ3) is 5.01. The van der Waals surface area contributed by atoms with Crippen molar-refractivity contribution < 1.29 is 9.47 Å². The quantitative estimate of drug-likeness (QED) is 0.745. The average Bonchev–Trinajstić information content (AvgIpc) is 3.01. The monoisotopic (exact) mass is 291 g/mol. The van der Waals surface area contributed by atoms with Gasteiger partial charge in [-0.1, -0.05) is 32.9 Å². The van der Waals surface area contributed by atoms with Gasteiger partial charge in [-0.15, -0.1) is 0 Å². The number of ether oxygens (including phenoxy) is 2. The van der Waals surface area contributed by atoms with Crippen molar-refractivity contribution in [1.82, 2.24) is 5.32 Å². The van der Waals surface area contributed by atoms with E-state index in [0.717, 1.165) is 38.5 Å². The fourth-order valence-corrected chi connectivity index (χ4v) is 2.50. The van der Waals surface area contributed by atoms with Crippen molar-refractivity contribution in [3.8, 4) is 5.75 Å². The van der Waals surface area contributed by atoms with Gasteiger partial charge in [0.05, 0.1) is 6.61 Å². The van der Waals surface area contributed by atoms with Crippen molar-refractivity contribution >= 4 is 0 Å². The second kappa shape index (κ2) is 7.81. The van der Waals surface area contributed by atoms with Crippen LogP contribution in [0.1, 0.15) is 39.2 Å². The van der Waals surface area contributed by atoms with Gasteiger partial charge in [-0.3, -0.25) is 0 Å². The van der Waals surface area contributed by atoms with Crippen LogP contribution in [0.5, 0.6) is 5.75 Å². The normalized spacial score (nSPS) is 18.9. The highest BCUT2D eigenvalue weighted by molar-refractivity contribution is 5.31. The van der Waals surface area contributed by atoms with E-state index in [0.29, 0.717) is 12.5 Å². The summed E-state index contributed by atoms with van der Waals surface area (Å²) >= 11 is 0. The molecule has 1 saturated heterocycles. The van der Waals surface area contributed by atoms with Crippen LogP contribution in [-0.4, -0.2) is 32.9 Å². The van der Waals surface area contributed by atoms with Crippen LogP contribution in [0.3, 0.4) is 0 Å². The van der Waals surface area contributed by atoms with E-state index in [-0.39, 0.29) is 5.41 Å². The molecule has 0 amide bonds. The molecule has 2 rings (SSSR count). The third-order valence-corrected chi connectivity index (χ3v) is 4.52. The van der Waals surface area contributed by atoms with Crippen LogP contribution >= 0.6 is 0 Å². The summed E-state index contributed by atoms with van der Waals surface area (Å²) in [5.74, 6) is 1.64. The van der Waals surface area contributed by atoms with Crippen LogP contribution in [0.2, 0.25) is 0 Å². The highest BCUT2D eigenvalue weighted by Gasteiger charge is 2.17. The summed E-state index contributed by atoms with van der Waals surface area (Å²) in [5, 5.41) is 3.44. The van der Waals surface area contributed by atoms with E-state index < -0.39 is 0 Å². The summed E-state index contributed by atoms with van der Waals surface area (Å²) in [6.07, 6.45) is 2.32. The molecular weight excluding hydrogens is 262 g/mol. The number of hydrogen-bond acceptors (Lipinski definition) is 3. The molecule has 1 fully saturated rings. The predicted molar refractivity (Wildman–Crippen MR) is 87.0 cm³/mol. The van der Waals surface area contributed by atoms with Crippen molar-refractivity contribution in [2.24, 2.45) is 5.92 Å². The lowest BCUT2D eigenvalue weighted by Gasteiger charge is -2.23. The summed E-state index contributed by atoms with van der Waals surface area (Å²) in [7, 11) is 0. The summed E-state index contributed by atoms with van der Waals surface area (Å²) in [6, 6.07) is 8.53. The molecule has 3 nitrogen and oxygen atoms in total. The Balaban J connectivity index is 1.66. The maximum Gasteiger partial charge on any atom is 0.119 e. The third-order valence-electron chi connectivity index (χ3n) is 4.52. The highest BCUT2D eigenvalue weighted by Crippen LogP contribution is 2.27. The van der Waals surface area contributed by atoms with Crippen LogP contribution in [-0.2, 0) is 10.2 Å². The summed E-state index contributed by atoms with van der Waals surface area (Å²) in [5.41, 5.74) is 1.61. The van der Waals surface area contributed by atoms with E-state index in [9.17, 15) is 0 Å². The van der Waals surface area contributed by atoms with Gasteiger partial charge in [0.15, 0.2) is 0 Å². The minimum atomic E-state index is 0.240. The second-order valence-electron chi connectivity index (χ2n) is 6.54. The lowest BCUT2D eigenvalue weighted by molar-refractivity contribution is 0.185. The zero-order valence-corrected chi connectivity index (χ0v) is 13.7. The van der Waals surface area contributed by atoms with Gasteiger partial charge in [-0.05, 0) is 41.9 Å². The average molecular weight is 291 g/mol. The maximum absolute atomic E-state index is 5.78. The van der Waals surface area contributed by atoms with Gasteiger partial charge >= 0.3 is 0 Å². The van der Waals surface area contributed by atoms with E-state index in [2.05, 4.69) is 50.4 Å². The Morgan fingerprint density at radius 3 is 2.67 bits per heavy atom. The van der Waals surface area contributed by atoms with Gasteiger partial charge in [0.2, 0.25) is 0 Å². The summed E-state index contributed by atoms with van der Waals surface area (Å²) in [4.78, 5) is 0. The molecule has 21 heavy (non-hydrogen) atoms. The molecule has 0 spiro atoms. The first kappa shape index (κ1) is 16.3. The maximum atomic E-state index is 5.78. The Morgan fingerprint density at radius 1 is 1.29 bits per heavy atom. The molecular formula is C18H29NO2. The van der Waals surface area contributed by atoms with Crippen molar-refractivity contribution in [2.45, 2.75) is 39.0 Å². The molecule has 1 atom stereocenters. The van der Waals surface area contributed by atoms with Gasteiger partial charge < -0.3 is 14.8 Å². The molecule has 1 aliphatic heterocycles. The number of rotatable bonds is 8. The number of hydrogen-bond donors (Lipinski definition) is 1. The summed E-state index contributed by atoms with van der Waals surface area (Å²) in [6.45, 7) is 11.2. The smallest absolute Gasteiger partial charge is 0.119 e. The van der Waals surface area contributed by atoms with Gasteiger partial charge in [-0.25, -0.2) is 0 Å². The molecule has 0 radical (unpaired) electrons. The number of nitrogens with one attached hydrogen (secondary N) is 1. The second-order valence-corrected chi connectivity index (χ2v) is 6.54. The molecule has 1 heterocycles. The van der Waals surface area contributed by atoms with Gasteiger partial charge in [-0.2, -0.15) is 0 Å². The summed E-state index contributed by atoms with van der Waals surface area (Å²) < 4.78 is 11.1. The van der Waals surface area contributed by atoms with E-state index in [1.807, 2.05) is 0 Å². The zero-order chi connectivity index (χ0) is 15.1. The molecule has 0 aromatic heterocycles. The highest BCUT2D eigenvalue weighted by atomic mass is 16.5. The first-order chi connectivity index (χ1) is 10.1. The number of benzene rings is 1. The van der Waals surface area contributed by atoms with Crippen molar-refractivity contribution in [2.75, 3.05) is 32.9 Å². The SMILES string of the molecule is CCC(C)(C)c1ccc(OCCNCC2CCOC2)cc1. The van der Waals surface area contributed by atoms with E-state index in [4.69, 9.17) is 9.47 Å². The van der Waals surface area contributed by atoms with E-state index in [1.165, 1.54) is 12.0 Å². The van der Waals surface area contributed by atoms with E-state index >= 15 is 0 Å². The molecule has 1 unspecified atom stereocenters. The van der Waals surface area contributed by atoms with Crippen LogP contribution in [0, 0.1) is 5.92 Å². The zero-order valence-electron chi connectivity index (χ0n) is 13.7. The van der Waals surface area contributed by atoms with Crippen LogP contribution in [0.25, 0.3) is 0 Å². The predicted octanol–water partition coefficient (Wildman–Crippen LogP) is 3.38. The lowest BCUT2D eigenvalue weighted by Crippen LogP contribution is -2.27. The first-order valence-electron chi connectivity index (χ1n) is 8.13. The fourth-order valence-electron chi connectivity index (χ4n) is 2.50. The molecule has 1 aromatic carbocycles. The standard InChI is InChI=1S/C18H29NO2/c1-4-18(2,3)16-5-7-17(8-6-16)21-12-10-19-13-15-9-11-20-14-15/h5-8,15,19H,4,9-14H2,1-3H3. The van der Waals surface area contributed by atoms with E-state index in [1.54, 1.807) is 0 Å².